The first kappa shape index (κ1) is 16.9. The molecule has 0 aliphatic heterocycles. The van der Waals surface area contributed by atoms with Crippen LogP contribution in [0.15, 0.2) is 24.0 Å². The number of halogens is 2. The van der Waals surface area contributed by atoms with Gasteiger partial charge in [-0.2, -0.15) is 0 Å². The summed E-state index contributed by atoms with van der Waals surface area (Å²) in [5.74, 6) is -0.0760. The predicted molar refractivity (Wildman–Crippen MR) is 92.5 cm³/mol. The lowest BCUT2D eigenvalue weighted by Gasteiger charge is -2.61. The average Bonchev–Trinajstić information content (AvgIpc) is 2.74. The smallest absolute Gasteiger partial charge is 0.116 e. The molecule has 3 nitrogen and oxygen atoms in total. The van der Waals surface area contributed by atoms with Crippen LogP contribution in [-0.4, -0.2) is 33.4 Å². The first-order valence-electron chi connectivity index (χ1n) is 9.00. The molecule has 2 fully saturated rings. The highest BCUT2D eigenvalue weighted by Gasteiger charge is 2.68. The van der Waals surface area contributed by atoms with Crippen LogP contribution in [0.5, 0.6) is 0 Å². The van der Waals surface area contributed by atoms with E-state index in [2.05, 4.69) is 13.8 Å². The quantitative estimate of drug-likeness (QED) is 0.460. The molecule has 0 heterocycles. The third kappa shape index (κ3) is 1.85. The lowest BCUT2D eigenvalue weighted by atomic mass is 9.47. The van der Waals surface area contributed by atoms with Crippen molar-refractivity contribution in [1.82, 2.24) is 0 Å². The Morgan fingerprint density at radius 3 is 2.71 bits per heavy atom. The molecule has 5 heteroatoms. The number of aliphatic hydroxyl groups excluding tert-OH is 2. The van der Waals surface area contributed by atoms with E-state index in [1.165, 1.54) is 0 Å². The van der Waals surface area contributed by atoms with Crippen LogP contribution in [0.1, 0.15) is 39.5 Å². The Morgan fingerprint density at radius 1 is 1.29 bits per heavy atom. The van der Waals surface area contributed by atoms with Gasteiger partial charge in [0.1, 0.15) is 6.17 Å². The van der Waals surface area contributed by atoms with Crippen molar-refractivity contribution in [1.29, 1.82) is 0 Å². The second-order valence-electron chi connectivity index (χ2n) is 8.87. The second kappa shape index (κ2) is 4.99. The molecule has 4 N–H and O–H groups in total. The fourth-order valence-corrected chi connectivity index (χ4v) is 6.74. The number of nitrogens with two attached hydrogens (primary N) is 1. The Balaban J connectivity index is 1.83. The molecule has 0 saturated heterocycles. The van der Waals surface area contributed by atoms with Gasteiger partial charge in [0.05, 0.1) is 16.7 Å². The van der Waals surface area contributed by atoms with E-state index in [9.17, 15) is 14.6 Å². The maximum absolute atomic E-state index is 14.4. The molecule has 0 aromatic carbocycles. The van der Waals surface area contributed by atoms with Gasteiger partial charge in [-0.05, 0) is 49.0 Å². The molecule has 0 amide bonds. The molecule has 4 aliphatic carbocycles. The van der Waals surface area contributed by atoms with E-state index in [4.69, 9.17) is 17.3 Å². The summed E-state index contributed by atoms with van der Waals surface area (Å²) in [4.78, 5) is -0.666. The summed E-state index contributed by atoms with van der Waals surface area (Å²) in [6.45, 7) is 4.17. The molecule has 0 radical (unpaired) electrons. The van der Waals surface area contributed by atoms with Crippen molar-refractivity contribution in [2.24, 2.45) is 34.3 Å². The van der Waals surface area contributed by atoms with Crippen molar-refractivity contribution in [2.45, 2.75) is 62.7 Å². The molecule has 0 aromatic rings. The molecular weight excluding hydrogens is 329 g/mol. The summed E-state index contributed by atoms with van der Waals surface area (Å²) < 4.78 is 14.4. The van der Waals surface area contributed by atoms with Crippen LogP contribution in [0, 0.1) is 28.6 Å². The first-order chi connectivity index (χ1) is 11.1. The molecule has 0 bridgehead atoms. The van der Waals surface area contributed by atoms with Gasteiger partial charge in [-0.1, -0.05) is 26.0 Å². The Labute approximate surface area is 147 Å². The zero-order chi connectivity index (χ0) is 17.5. The summed E-state index contributed by atoms with van der Waals surface area (Å²) in [6, 6.07) is -0.495. The zero-order valence-corrected chi connectivity index (χ0v) is 15.0. The Bertz CT molecular complexity index is 624. The van der Waals surface area contributed by atoms with Gasteiger partial charge in [0, 0.05) is 17.4 Å². The normalized spacial score (nSPS) is 59.3. The SMILES string of the molecule is C[C@]12CC[C@@]3(Cl)[C@@H](C(O)=CC4C[C@H](O)C=C[C@@]43C)[C@@H]1C[C@@H](F)[C@@H]2N. The largest absolute Gasteiger partial charge is 0.512 e. The van der Waals surface area contributed by atoms with Crippen molar-refractivity contribution in [2.75, 3.05) is 0 Å². The molecule has 9 atom stereocenters. The maximum Gasteiger partial charge on any atom is 0.116 e. The van der Waals surface area contributed by atoms with E-state index in [-0.39, 0.29) is 34.3 Å². The van der Waals surface area contributed by atoms with E-state index >= 15 is 0 Å². The van der Waals surface area contributed by atoms with Crippen LogP contribution in [-0.2, 0) is 0 Å². The number of allylic oxidation sites excluding steroid dienone is 3. The predicted octanol–water partition coefficient (Wildman–Crippen LogP) is 3.46. The molecule has 1 unspecified atom stereocenters. The van der Waals surface area contributed by atoms with Gasteiger partial charge in [0.15, 0.2) is 0 Å². The highest BCUT2D eigenvalue weighted by Crippen LogP contribution is 2.68. The Morgan fingerprint density at radius 2 is 2.00 bits per heavy atom. The van der Waals surface area contributed by atoms with Gasteiger partial charge < -0.3 is 15.9 Å². The minimum absolute atomic E-state index is 0.00754. The highest BCUT2D eigenvalue weighted by molar-refractivity contribution is 6.25. The molecule has 134 valence electrons. The van der Waals surface area contributed by atoms with Crippen LogP contribution < -0.4 is 5.73 Å². The molecular formula is C19H27ClFNO2. The van der Waals surface area contributed by atoms with E-state index in [0.29, 0.717) is 19.3 Å². The molecule has 0 spiro atoms. The minimum Gasteiger partial charge on any atom is -0.512 e. The molecule has 4 aliphatic rings. The number of rotatable bonds is 0. The highest BCUT2D eigenvalue weighted by atomic mass is 35.5. The van der Waals surface area contributed by atoms with Crippen molar-refractivity contribution in [3.05, 3.63) is 24.0 Å². The number of hydrogen-bond acceptors (Lipinski definition) is 3. The fraction of sp³-hybridized carbons (Fsp3) is 0.789. The van der Waals surface area contributed by atoms with Crippen LogP contribution in [0.3, 0.4) is 0 Å². The number of aliphatic hydroxyl groups is 2. The summed E-state index contributed by atoms with van der Waals surface area (Å²) in [5.41, 5.74) is 5.51. The Kier molecular flexibility index (Phi) is 3.50. The standard InChI is InChI=1S/C19H27ClFNO2/c1-17-5-6-19(20)15(12(17)9-13(21)16(17)22)14(24)8-10-7-11(23)3-4-18(10,19)2/h3-4,8,10-13,15-16,23-24H,5-7,9,22H2,1-2H3/t10?,11-,12+,13-,15-,16+,17+,18+,19-/m1/s1. The van der Waals surface area contributed by atoms with Crippen molar-refractivity contribution in [3.8, 4) is 0 Å². The number of hydrogen-bond donors (Lipinski definition) is 3. The van der Waals surface area contributed by atoms with Crippen LogP contribution in [0.25, 0.3) is 0 Å². The van der Waals surface area contributed by atoms with Crippen molar-refractivity contribution in [3.63, 3.8) is 0 Å². The van der Waals surface area contributed by atoms with Crippen molar-refractivity contribution >= 4 is 11.6 Å². The lowest BCUT2D eigenvalue weighted by molar-refractivity contribution is -0.0296. The van der Waals surface area contributed by atoms with Gasteiger partial charge >= 0.3 is 0 Å². The van der Waals surface area contributed by atoms with Crippen LogP contribution >= 0.6 is 11.6 Å². The van der Waals surface area contributed by atoms with Crippen LogP contribution in [0.2, 0.25) is 0 Å². The third-order valence-electron chi connectivity index (χ3n) is 7.92. The molecule has 4 rings (SSSR count). The summed E-state index contributed by atoms with van der Waals surface area (Å²) in [7, 11) is 0. The fourth-order valence-electron chi connectivity index (χ4n) is 6.17. The van der Waals surface area contributed by atoms with E-state index in [1.807, 2.05) is 18.2 Å². The van der Waals surface area contributed by atoms with Gasteiger partial charge in [-0.25, -0.2) is 4.39 Å². The first-order valence-corrected chi connectivity index (χ1v) is 9.38. The monoisotopic (exact) mass is 355 g/mol. The van der Waals surface area contributed by atoms with Crippen molar-refractivity contribution < 1.29 is 14.6 Å². The van der Waals surface area contributed by atoms with Gasteiger partial charge in [0.2, 0.25) is 0 Å². The van der Waals surface area contributed by atoms with E-state index in [0.717, 1.165) is 6.42 Å². The topological polar surface area (TPSA) is 66.5 Å². The summed E-state index contributed by atoms with van der Waals surface area (Å²) >= 11 is 7.26. The summed E-state index contributed by atoms with van der Waals surface area (Å²) in [5, 5.41) is 20.8. The van der Waals surface area contributed by atoms with Crippen LogP contribution in [0.4, 0.5) is 4.39 Å². The minimum atomic E-state index is -1.04. The second-order valence-corrected chi connectivity index (χ2v) is 9.55. The molecule has 2 saturated carbocycles. The zero-order valence-electron chi connectivity index (χ0n) is 14.3. The number of alkyl halides is 2. The number of fused-ring (bicyclic) bond motifs is 5. The summed E-state index contributed by atoms with van der Waals surface area (Å²) in [6.07, 6.45) is 6.55. The maximum atomic E-state index is 14.4. The van der Waals surface area contributed by atoms with Gasteiger partial charge in [-0.15, -0.1) is 11.6 Å². The third-order valence-corrected chi connectivity index (χ3v) is 8.75. The van der Waals surface area contributed by atoms with E-state index in [1.54, 1.807) is 0 Å². The van der Waals surface area contributed by atoms with Gasteiger partial charge in [-0.3, -0.25) is 0 Å². The van der Waals surface area contributed by atoms with Gasteiger partial charge in [0.25, 0.3) is 0 Å². The van der Waals surface area contributed by atoms with E-state index < -0.39 is 23.2 Å². The Hall–Kier alpha value is -0.580. The molecule has 0 aromatic heterocycles. The molecule has 24 heavy (non-hydrogen) atoms. The lowest BCUT2D eigenvalue weighted by Crippen LogP contribution is -2.62. The average molecular weight is 356 g/mol.